The predicted octanol–water partition coefficient (Wildman–Crippen LogP) is 2.59. The van der Waals surface area contributed by atoms with E-state index in [2.05, 4.69) is 15.9 Å². The second-order valence-electron chi connectivity index (χ2n) is 3.69. The van der Waals surface area contributed by atoms with E-state index in [1.165, 1.54) is 6.07 Å². The SMILES string of the molecule is O=C(c1cc(F)ccc1Br)N(CCO)CC(F)(F)F. The van der Waals surface area contributed by atoms with Crippen molar-refractivity contribution < 1.29 is 27.5 Å². The summed E-state index contributed by atoms with van der Waals surface area (Å²) in [6.07, 6.45) is -4.59. The second kappa shape index (κ2) is 6.33. The van der Waals surface area contributed by atoms with E-state index >= 15 is 0 Å². The Bertz CT molecular complexity index is 464. The van der Waals surface area contributed by atoms with Gasteiger partial charge in [0, 0.05) is 11.0 Å². The van der Waals surface area contributed by atoms with Crippen LogP contribution in [-0.4, -0.2) is 41.8 Å². The summed E-state index contributed by atoms with van der Waals surface area (Å²) < 4.78 is 50.2. The number of rotatable bonds is 4. The first-order valence-corrected chi connectivity index (χ1v) is 5.96. The molecule has 0 spiro atoms. The molecule has 0 unspecified atom stereocenters. The molecule has 0 saturated heterocycles. The van der Waals surface area contributed by atoms with Crippen LogP contribution in [-0.2, 0) is 0 Å². The zero-order valence-electron chi connectivity index (χ0n) is 9.55. The van der Waals surface area contributed by atoms with Crippen LogP contribution >= 0.6 is 15.9 Å². The van der Waals surface area contributed by atoms with Crippen LogP contribution < -0.4 is 0 Å². The summed E-state index contributed by atoms with van der Waals surface area (Å²) >= 11 is 2.97. The molecule has 1 aromatic carbocycles. The van der Waals surface area contributed by atoms with Crippen molar-refractivity contribution >= 4 is 21.8 Å². The Morgan fingerprint density at radius 3 is 2.53 bits per heavy atom. The number of benzene rings is 1. The van der Waals surface area contributed by atoms with E-state index in [0.717, 1.165) is 12.1 Å². The Morgan fingerprint density at radius 2 is 2.00 bits per heavy atom. The summed E-state index contributed by atoms with van der Waals surface area (Å²) in [7, 11) is 0. The lowest BCUT2D eigenvalue weighted by atomic mass is 10.2. The van der Waals surface area contributed by atoms with Crippen LogP contribution in [0.25, 0.3) is 0 Å². The van der Waals surface area contributed by atoms with Gasteiger partial charge in [-0.15, -0.1) is 0 Å². The van der Waals surface area contributed by atoms with Gasteiger partial charge in [0.05, 0.1) is 12.2 Å². The van der Waals surface area contributed by atoms with E-state index < -0.39 is 37.6 Å². The molecule has 0 bridgehead atoms. The van der Waals surface area contributed by atoms with Gasteiger partial charge in [-0.25, -0.2) is 4.39 Å². The smallest absolute Gasteiger partial charge is 0.395 e. The van der Waals surface area contributed by atoms with Gasteiger partial charge in [-0.3, -0.25) is 4.79 Å². The first-order valence-electron chi connectivity index (χ1n) is 5.16. The normalized spacial score (nSPS) is 11.5. The van der Waals surface area contributed by atoms with Crippen molar-refractivity contribution in [2.75, 3.05) is 19.7 Å². The van der Waals surface area contributed by atoms with Gasteiger partial charge in [0.25, 0.3) is 5.91 Å². The monoisotopic (exact) mass is 343 g/mol. The molecule has 0 atom stereocenters. The number of aliphatic hydroxyl groups is 1. The maximum atomic E-state index is 13.0. The van der Waals surface area contributed by atoms with Gasteiger partial charge in [-0.2, -0.15) is 13.2 Å². The molecule has 8 heteroatoms. The van der Waals surface area contributed by atoms with Crippen LogP contribution in [0.1, 0.15) is 10.4 Å². The van der Waals surface area contributed by atoms with Crippen molar-refractivity contribution in [1.29, 1.82) is 0 Å². The zero-order valence-corrected chi connectivity index (χ0v) is 11.1. The lowest BCUT2D eigenvalue weighted by Crippen LogP contribution is -2.40. The quantitative estimate of drug-likeness (QED) is 0.853. The Morgan fingerprint density at radius 1 is 1.37 bits per heavy atom. The molecule has 0 fully saturated rings. The van der Waals surface area contributed by atoms with Gasteiger partial charge in [-0.1, -0.05) is 0 Å². The number of nitrogens with zero attached hydrogens (tertiary/aromatic N) is 1. The Hall–Kier alpha value is -1.15. The molecule has 0 aromatic heterocycles. The van der Waals surface area contributed by atoms with Crippen molar-refractivity contribution in [1.82, 2.24) is 4.90 Å². The second-order valence-corrected chi connectivity index (χ2v) is 4.54. The lowest BCUT2D eigenvalue weighted by Gasteiger charge is -2.23. The molecule has 0 heterocycles. The van der Waals surface area contributed by atoms with Gasteiger partial charge < -0.3 is 10.0 Å². The van der Waals surface area contributed by atoms with Crippen LogP contribution in [0.5, 0.6) is 0 Å². The van der Waals surface area contributed by atoms with Gasteiger partial charge in [0.2, 0.25) is 0 Å². The molecular weight excluding hydrogens is 334 g/mol. The molecule has 0 aliphatic heterocycles. The Labute approximate surface area is 115 Å². The van der Waals surface area contributed by atoms with E-state index in [-0.39, 0.29) is 10.0 Å². The van der Waals surface area contributed by atoms with Gasteiger partial charge in [0.15, 0.2) is 0 Å². The average molecular weight is 344 g/mol. The number of carbonyl (C=O) groups is 1. The van der Waals surface area contributed by atoms with Gasteiger partial charge >= 0.3 is 6.18 Å². The minimum Gasteiger partial charge on any atom is -0.395 e. The van der Waals surface area contributed by atoms with Crippen LogP contribution in [0.3, 0.4) is 0 Å². The van der Waals surface area contributed by atoms with Crippen molar-refractivity contribution in [2.24, 2.45) is 0 Å². The molecular formula is C11H10BrF4NO2. The third kappa shape index (κ3) is 4.79. The molecule has 3 nitrogen and oxygen atoms in total. The van der Waals surface area contributed by atoms with E-state index in [9.17, 15) is 22.4 Å². The molecule has 0 aliphatic carbocycles. The minimum absolute atomic E-state index is 0.184. The molecule has 106 valence electrons. The highest BCUT2D eigenvalue weighted by molar-refractivity contribution is 9.10. The van der Waals surface area contributed by atoms with E-state index in [1.807, 2.05) is 0 Å². The van der Waals surface area contributed by atoms with Crippen LogP contribution in [0.15, 0.2) is 22.7 Å². The molecule has 1 N–H and O–H groups in total. The number of halogens is 5. The lowest BCUT2D eigenvalue weighted by molar-refractivity contribution is -0.141. The highest BCUT2D eigenvalue weighted by Crippen LogP contribution is 2.22. The van der Waals surface area contributed by atoms with E-state index in [1.54, 1.807) is 0 Å². The molecule has 1 rings (SSSR count). The highest BCUT2D eigenvalue weighted by atomic mass is 79.9. The molecule has 19 heavy (non-hydrogen) atoms. The van der Waals surface area contributed by atoms with Crippen LogP contribution in [0, 0.1) is 5.82 Å². The standard InChI is InChI=1S/C11H10BrF4NO2/c12-9-2-1-7(13)5-8(9)10(19)17(3-4-18)6-11(14,15)16/h1-2,5,18H,3-4,6H2. The van der Waals surface area contributed by atoms with E-state index in [4.69, 9.17) is 5.11 Å². The number of aliphatic hydroxyl groups excluding tert-OH is 1. The highest BCUT2D eigenvalue weighted by Gasteiger charge is 2.33. The fourth-order valence-corrected chi connectivity index (χ4v) is 1.84. The van der Waals surface area contributed by atoms with Crippen molar-refractivity contribution in [2.45, 2.75) is 6.18 Å². The summed E-state index contributed by atoms with van der Waals surface area (Å²) in [6, 6.07) is 3.14. The van der Waals surface area contributed by atoms with Crippen LogP contribution in [0.2, 0.25) is 0 Å². The predicted molar refractivity (Wildman–Crippen MR) is 63.1 cm³/mol. The maximum absolute atomic E-state index is 13.0. The summed E-state index contributed by atoms with van der Waals surface area (Å²) in [5.41, 5.74) is -0.224. The van der Waals surface area contributed by atoms with Crippen molar-refractivity contribution in [3.05, 3.63) is 34.1 Å². The molecule has 0 saturated carbocycles. The van der Waals surface area contributed by atoms with Crippen molar-refractivity contribution in [3.63, 3.8) is 0 Å². The number of hydrogen-bond acceptors (Lipinski definition) is 2. The summed E-state index contributed by atoms with van der Waals surface area (Å²) in [6.45, 7) is -2.61. The summed E-state index contributed by atoms with van der Waals surface area (Å²) in [5, 5.41) is 8.71. The largest absolute Gasteiger partial charge is 0.406 e. The fraction of sp³-hybridized carbons (Fsp3) is 0.364. The molecule has 0 aliphatic rings. The number of alkyl halides is 3. The maximum Gasteiger partial charge on any atom is 0.406 e. The topological polar surface area (TPSA) is 40.5 Å². The Kier molecular flexibility index (Phi) is 5.30. The molecule has 1 amide bonds. The van der Waals surface area contributed by atoms with Crippen LogP contribution in [0.4, 0.5) is 17.6 Å². The third-order valence-corrected chi connectivity index (χ3v) is 2.88. The first kappa shape index (κ1) is 15.9. The fourth-order valence-electron chi connectivity index (χ4n) is 1.42. The first-order chi connectivity index (χ1) is 8.74. The summed E-state index contributed by atoms with van der Waals surface area (Å²) in [4.78, 5) is 12.3. The van der Waals surface area contributed by atoms with E-state index in [0.29, 0.717) is 4.90 Å². The Balaban J connectivity index is 3.02. The van der Waals surface area contributed by atoms with Crippen molar-refractivity contribution in [3.8, 4) is 0 Å². The summed E-state index contributed by atoms with van der Waals surface area (Å²) in [5.74, 6) is -1.74. The number of carbonyl (C=O) groups excluding carboxylic acids is 1. The average Bonchev–Trinajstić information content (AvgIpc) is 2.29. The third-order valence-electron chi connectivity index (χ3n) is 2.19. The van der Waals surface area contributed by atoms with Gasteiger partial charge in [0.1, 0.15) is 12.4 Å². The molecule has 0 radical (unpaired) electrons. The zero-order chi connectivity index (χ0) is 14.6. The van der Waals surface area contributed by atoms with Gasteiger partial charge in [-0.05, 0) is 34.1 Å². The number of amides is 1. The molecule has 1 aromatic rings. The number of hydrogen-bond donors (Lipinski definition) is 1. The minimum atomic E-state index is -4.59.